The monoisotopic (exact) mass is 169 g/mol. The van der Waals surface area contributed by atoms with Crippen LogP contribution in [0.5, 0.6) is 0 Å². The molecule has 11 heavy (non-hydrogen) atoms. The molecule has 0 amide bonds. The van der Waals surface area contributed by atoms with Gasteiger partial charge in [0, 0.05) is 18.4 Å². The number of rotatable bonds is 3. The number of aliphatic hydroxyl groups is 1. The van der Waals surface area contributed by atoms with E-state index < -0.39 is 0 Å². The highest BCUT2D eigenvalue weighted by Crippen LogP contribution is 2.08. The van der Waals surface area contributed by atoms with Gasteiger partial charge in [-0.2, -0.15) is 4.57 Å². The number of nitrogens with zero attached hydrogens (tertiary/aromatic N) is 1. The smallest absolute Gasteiger partial charge is 0.240 e. The first-order valence-corrected chi connectivity index (χ1v) is 4.38. The first-order valence-electron chi connectivity index (χ1n) is 3.40. The molecule has 59 valence electrons. The summed E-state index contributed by atoms with van der Waals surface area (Å²) in [7, 11) is 0. The van der Waals surface area contributed by atoms with E-state index in [0.717, 1.165) is 5.03 Å². The summed E-state index contributed by atoms with van der Waals surface area (Å²) in [6.07, 6.45) is 5.65. The topological polar surface area (TPSA) is 24.1 Å². The van der Waals surface area contributed by atoms with Crippen LogP contribution in [0.1, 0.15) is 0 Å². The van der Waals surface area contributed by atoms with Crippen molar-refractivity contribution in [3.05, 3.63) is 30.7 Å². The molecule has 2 nitrogen and oxygen atoms in total. The maximum Gasteiger partial charge on any atom is 0.240 e. The Hall–Kier alpha value is -0.540. The molecule has 0 aromatic carbocycles. The lowest BCUT2D eigenvalue weighted by Gasteiger charge is -1.97. The summed E-state index contributed by atoms with van der Waals surface area (Å²) in [5.41, 5.74) is 0. The molecule has 0 aliphatic rings. The Labute approximate surface area is 70.9 Å². The molecule has 1 rings (SSSR count). The number of pyridine rings is 1. The fourth-order valence-electron chi connectivity index (χ4n) is 0.884. The average Bonchev–Trinajstić information content (AvgIpc) is 2.06. The minimum Gasteiger partial charge on any atom is -0.390 e. The van der Waals surface area contributed by atoms with Gasteiger partial charge in [0.25, 0.3) is 0 Å². The summed E-state index contributed by atoms with van der Waals surface area (Å²) in [6.45, 7) is 0.806. The Balaban J connectivity index is 2.83. The number of aromatic nitrogens is 1. The summed E-state index contributed by atoms with van der Waals surface area (Å²) < 4.78 is 1.97. The van der Waals surface area contributed by atoms with E-state index in [1.165, 1.54) is 11.8 Å². The number of hydrogen-bond donors (Lipinski definition) is 1. The molecule has 0 aliphatic heterocycles. The van der Waals surface area contributed by atoms with Gasteiger partial charge in [0.05, 0.1) is 0 Å². The van der Waals surface area contributed by atoms with Crippen LogP contribution >= 0.6 is 11.8 Å². The van der Waals surface area contributed by atoms with Crippen LogP contribution in [0.2, 0.25) is 0 Å². The van der Waals surface area contributed by atoms with Crippen LogP contribution in [-0.2, 0) is 6.54 Å². The van der Waals surface area contributed by atoms with E-state index >= 15 is 0 Å². The van der Waals surface area contributed by atoms with Gasteiger partial charge in [0.15, 0.2) is 12.7 Å². The van der Waals surface area contributed by atoms with Crippen molar-refractivity contribution in [2.45, 2.75) is 11.6 Å². The Kier molecular flexibility index (Phi) is 3.39. The fourth-order valence-corrected chi connectivity index (χ4v) is 1.38. The minimum absolute atomic E-state index is 0.169. The third-order valence-corrected chi connectivity index (χ3v) is 2.05. The molecule has 0 spiro atoms. The molecule has 1 N–H and O–H groups in total. The second-order valence-electron chi connectivity index (χ2n) is 2.10. The van der Waals surface area contributed by atoms with Gasteiger partial charge in [0.1, 0.15) is 6.61 Å². The summed E-state index contributed by atoms with van der Waals surface area (Å²) in [5, 5.41) is 9.76. The lowest BCUT2D eigenvalue weighted by Crippen LogP contribution is -2.37. The second kappa shape index (κ2) is 4.36. The highest BCUT2D eigenvalue weighted by Gasteiger charge is 2.05. The zero-order chi connectivity index (χ0) is 8.10. The van der Waals surface area contributed by atoms with Crippen molar-refractivity contribution in [2.75, 3.05) is 6.61 Å². The normalized spacial score (nSPS) is 10.0. The fraction of sp³-hybridized carbons (Fsp3) is 0.250. The van der Waals surface area contributed by atoms with Crippen molar-refractivity contribution in [3.8, 4) is 0 Å². The van der Waals surface area contributed by atoms with Gasteiger partial charge in [-0.25, -0.2) is 0 Å². The summed E-state index contributed by atoms with van der Waals surface area (Å²) in [6, 6.07) is 5.88. The van der Waals surface area contributed by atoms with E-state index in [-0.39, 0.29) is 6.61 Å². The van der Waals surface area contributed by atoms with Gasteiger partial charge in [-0.15, -0.1) is 0 Å². The van der Waals surface area contributed by atoms with E-state index in [4.69, 9.17) is 5.11 Å². The van der Waals surface area contributed by atoms with Crippen LogP contribution in [0.4, 0.5) is 0 Å². The number of thioether (sulfide) groups is 1. The van der Waals surface area contributed by atoms with E-state index in [0.29, 0.717) is 6.54 Å². The van der Waals surface area contributed by atoms with E-state index in [9.17, 15) is 0 Å². The van der Waals surface area contributed by atoms with E-state index in [1.54, 1.807) is 0 Å². The maximum absolute atomic E-state index is 8.69. The van der Waals surface area contributed by atoms with Crippen LogP contribution in [0.25, 0.3) is 0 Å². The van der Waals surface area contributed by atoms with Gasteiger partial charge in [0.2, 0.25) is 5.03 Å². The van der Waals surface area contributed by atoms with Crippen LogP contribution in [0, 0.1) is 6.26 Å². The summed E-state index contributed by atoms with van der Waals surface area (Å²) in [5.74, 6) is 0. The van der Waals surface area contributed by atoms with E-state index in [2.05, 4.69) is 6.26 Å². The van der Waals surface area contributed by atoms with Crippen molar-refractivity contribution in [1.29, 1.82) is 0 Å². The Morgan fingerprint density at radius 3 is 3.00 bits per heavy atom. The molecule has 1 aromatic heterocycles. The lowest BCUT2D eigenvalue weighted by atomic mass is 10.5. The quantitative estimate of drug-likeness (QED) is 0.536. The molecule has 0 saturated carbocycles. The van der Waals surface area contributed by atoms with Gasteiger partial charge < -0.3 is 5.11 Å². The van der Waals surface area contributed by atoms with Crippen molar-refractivity contribution >= 4 is 11.8 Å². The molecule has 0 bridgehead atoms. The molecule has 0 unspecified atom stereocenters. The zero-order valence-electron chi connectivity index (χ0n) is 6.23. The molecular weight excluding hydrogens is 158 g/mol. The standard InChI is InChI=1S/C8H11NOS/c1-11-8-4-2-3-5-9(8)6-7-10/h2-5,10H,1,6-7H2/q+1. The van der Waals surface area contributed by atoms with Gasteiger partial charge in [-0.05, 0) is 6.07 Å². The summed E-state index contributed by atoms with van der Waals surface area (Å²) >= 11 is 1.44. The van der Waals surface area contributed by atoms with Crippen LogP contribution < -0.4 is 4.57 Å². The molecule has 0 fully saturated rings. The maximum atomic E-state index is 8.69. The largest absolute Gasteiger partial charge is 0.390 e. The molecule has 1 radical (unpaired) electrons. The van der Waals surface area contributed by atoms with Crippen molar-refractivity contribution < 1.29 is 9.67 Å². The number of aliphatic hydroxyl groups excluding tert-OH is 1. The van der Waals surface area contributed by atoms with Crippen molar-refractivity contribution in [3.63, 3.8) is 0 Å². The third kappa shape index (κ3) is 2.20. The highest BCUT2D eigenvalue weighted by atomic mass is 32.2. The Morgan fingerprint density at radius 2 is 2.36 bits per heavy atom. The third-order valence-electron chi connectivity index (χ3n) is 1.39. The SMILES string of the molecule is [CH2]Sc1cccc[n+]1CCO. The van der Waals surface area contributed by atoms with Crippen molar-refractivity contribution in [1.82, 2.24) is 0 Å². The molecule has 0 atom stereocenters. The van der Waals surface area contributed by atoms with Gasteiger partial charge in [-0.1, -0.05) is 11.8 Å². The number of hydrogen-bond acceptors (Lipinski definition) is 2. The predicted octanol–water partition coefficient (Wildman–Crippen LogP) is 0.850. The highest BCUT2D eigenvalue weighted by molar-refractivity contribution is 8.00. The second-order valence-corrected chi connectivity index (χ2v) is 2.81. The molecule has 1 heterocycles. The average molecular weight is 169 g/mol. The van der Waals surface area contributed by atoms with Gasteiger partial charge in [-0.3, -0.25) is 0 Å². The molecule has 1 aromatic rings. The van der Waals surface area contributed by atoms with Crippen molar-refractivity contribution in [2.24, 2.45) is 0 Å². The Bertz CT molecular complexity index is 227. The first kappa shape index (κ1) is 8.56. The van der Waals surface area contributed by atoms with E-state index in [1.807, 2.05) is 29.0 Å². The molecule has 0 aliphatic carbocycles. The summed E-state index contributed by atoms with van der Waals surface area (Å²) in [4.78, 5) is 0. The minimum atomic E-state index is 0.169. The first-order chi connectivity index (χ1) is 5.38. The van der Waals surface area contributed by atoms with Gasteiger partial charge >= 0.3 is 0 Å². The Morgan fingerprint density at radius 1 is 1.55 bits per heavy atom. The predicted molar refractivity (Wildman–Crippen MR) is 44.9 cm³/mol. The molecule has 0 saturated heterocycles. The zero-order valence-corrected chi connectivity index (χ0v) is 7.05. The van der Waals surface area contributed by atoms with Crippen LogP contribution in [0.3, 0.4) is 0 Å². The van der Waals surface area contributed by atoms with Crippen LogP contribution in [0.15, 0.2) is 29.4 Å². The molecular formula is C8H11NOS+. The molecule has 3 heteroatoms. The lowest BCUT2D eigenvalue weighted by molar-refractivity contribution is -0.733. The van der Waals surface area contributed by atoms with Crippen LogP contribution in [-0.4, -0.2) is 11.7 Å².